The molecule has 1 N–H and O–H groups in total. The zero-order chi connectivity index (χ0) is 15.4. The molecule has 1 amide bonds. The summed E-state index contributed by atoms with van der Waals surface area (Å²) in [6, 6.07) is 17.2. The van der Waals surface area contributed by atoms with Gasteiger partial charge in [0.2, 0.25) is 0 Å². The number of nitrogens with zero attached hydrogens (tertiary/aromatic N) is 1. The van der Waals surface area contributed by atoms with Crippen LogP contribution in [-0.2, 0) is 4.79 Å². The Balaban J connectivity index is 1.85. The average molecular weight is 310 g/mol. The van der Waals surface area contributed by atoms with Gasteiger partial charge in [0.25, 0.3) is 5.91 Å². The molecule has 110 valence electrons. The van der Waals surface area contributed by atoms with Crippen LogP contribution in [0.15, 0.2) is 64.5 Å². The standard InChI is InChI=1S/C17H14N2O2S/c1-21-14-10-6-5-9-13(14)18-17-19-16(20)15(22-17)11-12-7-3-2-4-8-12/h2-11H,1H3,(H,18,19,20). The van der Waals surface area contributed by atoms with Gasteiger partial charge in [0.15, 0.2) is 5.17 Å². The molecule has 1 aliphatic heterocycles. The minimum atomic E-state index is -0.137. The fraction of sp³-hybridized carbons (Fsp3) is 0.0588. The summed E-state index contributed by atoms with van der Waals surface area (Å²) in [4.78, 5) is 17.1. The van der Waals surface area contributed by atoms with E-state index in [9.17, 15) is 4.79 Å². The molecule has 0 bridgehead atoms. The van der Waals surface area contributed by atoms with Gasteiger partial charge in [-0.3, -0.25) is 4.79 Å². The van der Waals surface area contributed by atoms with E-state index in [4.69, 9.17) is 4.74 Å². The SMILES string of the molecule is COc1ccccc1N=C1NC(=O)C(=Cc2ccccc2)S1. The highest BCUT2D eigenvalue weighted by molar-refractivity contribution is 8.18. The minimum Gasteiger partial charge on any atom is -0.494 e. The van der Waals surface area contributed by atoms with Crippen LogP contribution in [0.1, 0.15) is 5.56 Å². The maximum atomic E-state index is 12.0. The van der Waals surface area contributed by atoms with Crippen LogP contribution >= 0.6 is 11.8 Å². The summed E-state index contributed by atoms with van der Waals surface area (Å²) in [6.07, 6.45) is 1.85. The zero-order valence-corrected chi connectivity index (χ0v) is 12.8. The first kappa shape index (κ1) is 14.4. The number of hydrogen-bond acceptors (Lipinski definition) is 4. The van der Waals surface area contributed by atoms with Gasteiger partial charge in [-0.15, -0.1) is 0 Å². The first-order valence-corrected chi connectivity index (χ1v) is 7.55. The predicted molar refractivity (Wildman–Crippen MR) is 90.2 cm³/mol. The number of ether oxygens (including phenoxy) is 1. The lowest BCUT2D eigenvalue weighted by Crippen LogP contribution is -2.19. The summed E-state index contributed by atoms with van der Waals surface area (Å²) < 4.78 is 5.26. The molecule has 1 heterocycles. The van der Waals surface area contributed by atoms with Crippen LogP contribution in [0.5, 0.6) is 5.75 Å². The number of hydrogen-bond donors (Lipinski definition) is 1. The molecule has 0 aliphatic carbocycles. The van der Waals surface area contributed by atoms with Crippen LogP contribution in [-0.4, -0.2) is 18.2 Å². The second-order valence-electron chi connectivity index (χ2n) is 4.56. The van der Waals surface area contributed by atoms with Gasteiger partial charge in [-0.25, -0.2) is 4.99 Å². The van der Waals surface area contributed by atoms with Gasteiger partial charge in [0.05, 0.1) is 12.0 Å². The summed E-state index contributed by atoms with van der Waals surface area (Å²) in [6.45, 7) is 0. The van der Waals surface area contributed by atoms with Crippen molar-refractivity contribution in [2.75, 3.05) is 7.11 Å². The Morgan fingerprint density at radius 2 is 1.82 bits per heavy atom. The van der Waals surface area contributed by atoms with E-state index in [-0.39, 0.29) is 5.91 Å². The molecule has 0 spiro atoms. The van der Waals surface area contributed by atoms with Crippen LogP contribution in [0.2, 0.25) is 0 Å². The van der Waals surface area contributed by atoms with E-state index in [2.05, 4.69) is 10.3 Å². The third-order valence-electron chi connectivity index (χ3n) is 3.06. The van der Waals surface area contributed by atoms with Gasteiger partial charge in [-0.1, -0.05) is 42.5 Å². The molecule has 5 heteroatoms. The van der Waals surface area contributed by atoms with Gasteiger partial charge < -0.3 is 10.1 Å². The topological polar surface area (TPSA) is 50.7 Å². The molecule has 0 atom stereocenters. The maximum Gasteiger partial charge on any atom is 0.264 e. The second kappa shape index (κ2) is 6.49. The molecule has 0 saturated carbocycles. The fourth-order valence-electron chi connectivity index (χ4n) is 2.01. The molecule has 1 saturated heterocycles. The summed E-state index contributed by atoms with van der Waals surface area (Å²) in [5.41, 5.74) is 1.67. The first-order valence-electron chi connectivity index (χ1n) is 6.74. The summed E-state index contributed by atoms with van der Waals surface area (Å²) in [5.74, 6) is 0.535. The number of amides is 1. The van der Waals surface area contributed by atoms with Crippen LogP contribution in [0, 0.1) is 0 Å². The number of aliphatic imine (C=N–C) groups is 1. The molecular weight excluding hydrogens is 296 g/mol. The third-order valence-corrected chi connectivity index (χ3v) is 3.97. The van der Waals surface area contributed by atoms with Crippen LogP contribution in [0.25, 0.3) is 6.08 Å². The molecular formula is C17H14N2O2S. The quantitative estimate of drug-likeness (QED) is 0.882. The number of methoxy groups -OCH3 is 1. The minimum absolute atomic E-state index is 0.137. The lowest BCUT2D eigenvalue weighted by Gasteiger charge is -2.03. The summed E-state index contributed by atoms with van der Waals surface area (Å²) >= 11 is 1.32. The van der Waals surface area contributed by atoms with E-state index in [1.807, 2.05) is 60.7 Å². The highest BCUT2D eigenvalue weighted by Crippen LogP contribution is 2.31. The van der Waals surface area contributed by atoms with Crippen molar-refractivity contribution in [2.24, 2.45) is 4.99 Å². The number of nitrogens with one attached hydrogen (secondary N) is 1. The summed E-state index contributed by atoms with van der Waals surface area (Å²) in [7, 11) is 1.60. The molecule has 1 aliphatic rings. The predicted octanol–water partition coefficient (Wildman–Crippen LogP) is 3.59. The van der Waals surface area contributed by atoms with Crippen molar-refractivity contribution in [1.29, 1.82) is 0 Å². The molecule has 0 unspecified atom stereocenters. The lowest BCUT2D eigenvalue weighted by atomic mass is 10.2. The van der Waals surface area contributed by atoms with Crippen LogP contribution in [0.3, 0.4) is 0 Å². The molecule has 2 aromatic carbocycles. The summed E-state index contributed by atoms with van der Waals surface area (Å²) in [5, 5.41) is 3.33. The monoisotopic (exact) mass is 310 g/mol. The van der Waals surface area contributed by atoms with E-state index >= 15 is 0 Å². The molecule has 4 nitrogen and oxygen atoms in total. The van der Waals surface area contributed by atoms with Crippen molar-refractivity contribution in [2.45, 2.75) is 0 Å². The maximum absolute atomic E-state index is 12.0. The fourth-order valence-corrected chi connectivity index (χ4v) is 2.85. The normalized spacial score (nSPS) is 17.8. The first-order chi connectivity index (χ1) is 10.8. The number of amidine groups is 1. The Morgan fingerprint density at radius 3 is 2.59 bits per heavy atom. The van der Waals surface area contributed by atoms with E-state index < -0.39 is 0 Å². The Morgan fingerprint density at radius 1 is 1.09 bits per heavy atom. The van der Waals surface area contributed by atoms with Crippen molar-refractivity contribution in [3.05, 3.63) is 65.1 Å². The number of carbonyl (C=O) groups excluding carboxylic acids is 1. The van der Waals surface area contributed by atoms with Gasteiger partial charge in [0.1, 0.15) is 11.4 Å². The lowest BCUT2D eigenvalue weighted by molar-refractivity contribution is -0.115. The smallest absolute Gasteiger partial charge is 0.264 e. The van der Waals surface area contributed by atoms with Gasteiger partial charge >= 0.3 is 0 Å². The highest BCUT2D eigenvalue weighted by Gasteiger charge is 2.24. The van der Waals surface area contributed by atoms with Gasteiger partial charge in [-0.2, -0.15) is 0 Å². The number of thioether (sulfide) groups is 1. The Kier molecular flexibility index (Phi) is 4.25. The number of para-hydroxylation sites is 2. The zero-order valence-electron chi connectivity index (χ0n) is 11.9. The van der Waals surface area contributed by atoms with Crippen molar-refractivity contribution < 1.29 is 9.53 Å². The van der Waals surface area contributed by atoms with Crippen molar-refractivity contribution >= 4 is 34.6 Å². The Labute approximate surface area is 132 Å². The van der Waals surface area contributed by atoms with Crippen molar-refractivity contribution in [3.8, 4) is 5.75 Å². The van der Waals surface area contributed by atoms with Crippen molar-refractivity contribution in [3.63, 3.8) is 0 Å². The number of benzene rings is 2. The van der Waals surface area contributed by atoms with E-state index in [1.165, 1.54) is 11.8 Å². The Hall–Kier alpha value is -2.53. The molecule has 1 fully saturated rings. The number of carbonyl (C=O) groups is 1. The Bertz CT molecular complexity index is 754. The average Bonchev–Trinajstić information content (AvgIpc) is 2.88. The van der Waals surface area contributed by atoms with E-state index in [0.29, 0.717) is 21.5 Å². The van der Waals surface area contributed by atoms with Crippen LogP contribution < -0.4 is 10.1 Å². The largest absolute Gasteiger partial charge is 0.494 e. The van der Waals surface area contributed by atoms with Crippen molar-refractivity contribution in [1.82, 2.24) is 5.32 Å². The molecule has 0 aromatic heterocycles. The third kappa shape index (κ3) is 3.20. The number of rotatable bonds is 3. The van der Waals surface area contributed by atoms with Gasteiger partial charge in [-0.05, 0) is 35.5 Å². The van der Waals surface area contributed by atoms with Crippen LogP contribution in [0.4, 0.5) is 5.69 Å². The van der Waals surface area contributed by atoms with Gasteiger partial charge in [0, 0.05) is 0 Å². The molecule has 22 heavy (non-hydrogen) atoms. The second-order valence-corrected chi connectivity index (χ2v) is 5.59. The molecule has 2 aromatic rings. The van der Waals surface area contributed by atoms with E-state index in [1.54, 1.807) is 7.11 Å². The molecule has 0 radical (unpaired) electrons. The van der Waals surface area contributed by atoms with E-state index in [0.717, 1.165) is 5.56 Å². The highest BCUT2D eigenvalue weighted by atomic mass is 32.2. The molecule has 3 rings (SSSR count).